The van der Waals surface area contributed by atoms with Gasteiger partial charge >= 0.3 is 0 Å². The van der Waals surface area contributed by atoms with Gasteiger partial charge in [-0.1, -0.05) is 24.3 Å². The smallest absolute Gasteiger partial charge is 0.237 e. The number of aldehydes is 1. The molecular weight excluding hydrogens is 276 g/mol. The molecule has 1 rings (SSSR count). The molecule has 1 aromatic rings. The second kappa shape index (κ2) is 7.05. The third kappa shape index (κ3) is 6.85. The first-order valence-corrected chi connectivity index (χ1v) is 7.64. The van der Waals surface area contributed by atoms with Gasteiger partial charge in [-0.05, 0) is 53.5 Å². The zero-order chi connectivity index (χ0) is 17.0. The number of nitrogens with one attached hydrogen (secondary N) is 2. The van der Waals surface area contributed by atoms with Gasteiger partial charge in [0.1, 0.15) is 6.29 Å². The Morgan fingerprint density at radius 3 is 2.00 bits per heavy atom. The van der Waals surface area contributed by atoms with E-state index in [4.69, 9.17) is 0 Å². The average molecular weight is 304 g/mol. The van der Waals surface area contributed by atoms with E-state index >= 15 is 0 Å². The van der Waals surface area contributed by atoms with Crippen LogP contribution in [0.15, 0.2) is 24.3 Å². The van der Waals surface area contributed by atoms with E-state index in [-0.39, 0.29) is 23.0 Å². The molecule has 1 unspecified atom stereocenters. The topological polar surface area (TPSA) is 58.2 Å². The Bertz CT molecular complexity index is 507. The number of hydrogen-bond donors (Lipinski definition) is 2. The predicted octanol–water partition coefficient (Wildman–Crippen LogP) is 2.71. The van der Waals surface area contributed by atoms with Crippen molar-refractivity contribution in [3.05, 3.63) is 35.4 Å². The van der Waals surface area contributed by atoms with Crippen LogP contribution in [-0.2, 0) is 11.2 Å². The van der Waals surface area contributed by atoms with Gasteiger partial charge < -0.3 is 10.6 Å². The molecule has 22 heavy (non-hydrogen) atoms. The summed E-state index contributed by atoms with van der Waals surface area (Å²) in [5.41, 5.74) is 1.23. The maximum absolute atomic E-state index is 12.5. The molecule has 122 valence electrons. The Balaban J connectivity index is 2.89. The highest BCUT2D eigenvalue weighted by Gasteiger charge is 2.26. The fourth-order valence-electron chi connectivity index (χ4n) is 2.16. The number of amides is 1. The SMILES string of the molecule is CC(C)(C)NC(=O)C(Cc1ccc(C=O)cc1)NC(C)(C)C. The maximum atomic E-state index is 12.5. The molecule has 0 aliphatic rings. The van der Waals surface area contributed by atoms with Gasteiger partial charge in [0, 0.05) is 16.6 Å². The summed E-state index contributed by atoms with van der Waals surface area (Å²) in [6.45, 7) is 12.0. The summed E-state index contributed by atoms with van der Waals surface area (Å²) in [5, 5.41) is 6.40. The van der Waals surface area contributed by atoms with Crippen molar-refractivity contribution in [3.8, 4) is 0 Å². The molecule has 0 bridgehead atoms. The normalized spacial score (nSPS) is 13.5. The number of rotatable bonds is 5. The van der Waals surface area contributed by atoms with E-state index in [9.17, 15) is 9.59 Å². The van der Waals surface area contributed by atoms with Gasteiger partial charge in [-0.25, -0.2) is 0 Å². The zero-order valence-electron chi connectivity index (χ0n) is 14.5. The molecule has 4 heteroatoms. The minimum Gasteiger partial charge on any atom is -0.350 e. The molecule has 0 aliphatic heterocycles. The highest BCUT2D eigenvalue weighted by molar-refractivity contribution is 5.83. The van der Waals surface area contributed by atoms with Crippen molar-refractivity contribution in [2.75, 3.05) is 0 Å². The summed E-state index contributed by atoms with van der Waals surface area (Å²) >= 11 is 0. The third-order valence-corrected chi connectivity index (χ3v) is 2.98. The Labute approximate surface area is 133 Å². The molecule has 0 aromatic heterocycles. The maximum Gasteiger partial charge on any atom is 0.237 e. The van der Waals surface area contributed by atoms with Crippen LogP contribution in [-0.4, -0.2) is 29.3 Å². The summed E-state index contributed by atoms with van der Waals surface area (Å²) in [5.74, 6) is -0.0121. The summed E-state index contributed by atoms with van der Waals surface area (Å²) < 4.78 is 0. The first-order valence-electron chi connectivity index (χ1n) is 7.64. The molecular formula is C18H28N2O2. The largest absolute Gasteiger partial charge is 0.350 e. The van der Waals surface area contributed by atoms with Gasteiger partial charge in [0.05, 0.1) is 6.04 Å². The molecule has 0 aliphatic carbocycles. The predicted molar refractivity (Wildman–Crippen MR) is 90.1 cm³/mol. The van der Waals surface area contributed by atoms with E-state index in [1.807, 2.05) is 53.7 Å². The fraction of sp³-hybridized carbons (Fsp3) is 0.556. The lowest BCUT2D eigenvalue weighted by Gasteiger charge is -2.31. The van der Waals surface area contributed by atoms with E-state index in [0.29, 0.717) is 12.0 Å². The minimum absolute atomic E-state index is 0.0121. The van der Waals surface area contributed by atoms with Gasteiger partial charge in [-0.2, -0.15) is 0 Å². The quantitative estimate of drug-likeness (QED) is 0.822. The van der Waals surface area contributed by atoms with Gasteiger partial charge in [-0.3, -0.25) is 9.59 Å². The van der Waals surface area contributed by atoms with Crippen molar-refractivity contribution in [2.45, 2.75) is 65.1 Å². The van der Waals surface area contributed by atoms with Gasteiger partial charge in [0.15, 0.2) is 0 Å². The molecule has 0 fully saturated rings. The van der Waals surface area contributed by atoms with Gasteiger partial charge in [-0.15, -0.1) is 0 Å². The van der Waals surface area contributed by atoms with Crippen LogP contribution >= 0.6 is 0 Å². The second-order valence-electron chi connectivity index (χ2n) is 7.75. The third-order valence-electron chi connectivity index (χ3n) is 2.98. The first-order chi connectivity index (χ1) is 10.00. The Morgan fingerprint density at radius 1 is 1.05 bits per heavy atom. The van der Waals surface area contributed by atoms with Crippen LogP contribution in [0.2, 0.25) is 0 Å². The molecule has 0 spiro atoms. The van der Waals surface area contributed by atoms with Crippen molar-refractivity contribution in [1.82, 2.24) is 10.6 Å². The highest BCUT2D eigenvalue weighted by Crippen LogP contribution is 2.11. The van der Waals surface area contributed by atoms with E-state index in [1.165, 1.54) is 0 Å². The molecule has 1 aromatic carbocycles. The molecule has 1 atom stereocenters. The standard InChI is InChI=1S/C18H28N2O2/c1-17(2,3)19-15(16(22)20-18(4,5)6)11-13-7-9-14(12-21)10-8-13/h7-10,12,15,19H,11H2,1-6H3,(H,20,22). The Morgan fingerprint density at radius 2 is 1.59 bits per heavy atom. The monoisotopic (exact) mass is 304 g/mol. The number of carbonyl (C=O) groups is 2. The van der Waals surface area contributed by atoms with Crippen LogP contribution in [0.3, 0.4) is 0 Å². The van der Waals surface area contributed by atoms with Crippen LogP contribution in [0, 0.1) is 0 Å². The van der Waals surface area contributed by atoms with E-state index in [1.54, 1.807) is 12.1 Å². The summed E-state index contributed by atoms with van der Waals surface area (Å²) in [4.78, 5) is 23.3. The van der Waals surface area contributed by atoms with Crippen molar-refractivity contribution in [1.29, 1.82) is 0 Å². The fourth-order valence-corrected chi connectivity index (χ4v) is 2.16. The summed E-state index contributed by atoms with van der Waals surface area (Å²) in [7, 11) is 0. The van der Waals surface area contributed by atoms with Crippen LogP contribution < -0.4 is 10.6 Å². The van der Waals surface area contributed by atoms with E-state index < -0.39 is 0 Å². The van der Waals surface area contributed by atoms with Crippen LogP contribution in [0.4, 0.5) is 0 Å². The van der Waals surface area contributed by atoms with E-state index in [2.05, 4.69) is 10.6 Å². The Hall–Kier alpha value is -1.68. The molecule has 4 nitrogen and oxygen atoms in total. The van der Waals surface area contributed by atoms with Crippen molar-refractivity contribution >= 4 is 12.2 Å². The van der Waals surface area contributed by atoms with E-state index in [0.717, 1.165) is 11.8 Å². The van der Waals surface area contributed by atoms with Crippen LogP contribution in [0.1, 0.15) is 57.5 Å². The average Bonchev–Trinajstić information content (AvgIpc) is 2.35. The lowest BCUT2D eigenvalue weighted by atomic mass is 9.99. The first kappa shape index (κ1) is 18.4. The number of carbonyl (C=O) groups excluding carboxylic acids is 2. The van der Waals surface area contributed by atoms with Crippen molar-refractivity contribution in [2.24, 2.45) is 0 Å². The molecule has 0 heterocycles. The summed E-state index contributed by atoms with van der Waals surface area (Å²) in [6, 6.07) is 7.02. The van der Waals surface area contributed by atoms with Gasteiger partial charge in [0.25, 0.3) is 0 Å². The van der Waals surface area contributed by atoms with Crippen LogP contribution in [0.5, 0.6) is 0 Å². The Kier molecular flexibility index (Phi) is 5.89. The lowest BCUT2D eigenvalue weighted by Crippen LogP contribution is -2.56. The molecule has 0 saturated heterocycles. The molecule has 1 amide bonds. The lowest BCUT2D eigenvalue weighted by molar-refractivity contribution is -0.125. The zero-order valence-corrected chi connectivity index (χ0v) is 14.5. The molecule has 0 radical (unpaired) electrons. The van der Waals surface area contributed by atoms with Gasteiger partial charge in [0.2, 0.25) is 5.91 Å². The number of benzene rings is 1. The van der Waals surface area contributed by atoms with Crippen molar-refractivity contribution in [3.63, 3.8) is 0 Å². The number of hydrogen-bond acceptors (Lipinski definition) is 3. The highest BCUT2D eigenvalue weighted by atomic mass is 16.2. The minimum atomic E-state index is -0.318. The van der Waals surface area contributed by atoms with Crippen molar-refractivity contribution < 1.29 is 9.59 Å². The second-order valence-corrected chi connectivity index (χ2v) is 7.75. The molecule has 2 N–H and O–H groups in total. The van der Waals surface area contributed by atoms with Crippen LogP contribution in [0.25, 0.3) is 0 Å². The molecule has 0 saturated carbocycles. The summed E-state index contributed by atoms with van der Waals surface area (Å²) in [6.07, 6.45) is 1.40.